The van der Waals surface area contributed by atoms with Gasteiger partial charge in [-0.2, -0.15) is 0 Å². The first-order chi connectivity index (χ1) is 11.1. The highest BCUT2D eigenvalue weighted by Gasteiger charge is 2.19. The highest BCUT2D eigenvalue weighted by molar-refractivity contribution is 6.37. The number of ether oxygens (including phenoxy) is 1. The number of nitrogens with one attached hydrogen (secondary N) is 1. The average molecular weight is 350 g/mol. The van der Waals surface area contributed by atoms with E-state index in [1.54, 1.807) is 18.3 Å². The number of carbonyl (C=O) groups excluding carboxylic acids is 1. The molecule has 0 spiro atoms. The minimum absolute atomic E-state index is 0.211. The predicted octanol–water partition coefficient (Wildman–Crippen LogP) is 3.58. The second kappa shape index (κ2) is 6.48. The lowest BCUT2D eigenvalue weighted by Crippen LogP contribution is -2.25. The number of rotatable bonds is 4. The van der Waals surface area contributed by atoms with Gasteiger partial charge in [0.2, 0.25) is 0 Å². The van der Waals surface area contributed by atoms with Crippen molar-refractivity contribution in [3.63, 3.8) is 0 Å². The van der Waals surface area contributed by atoms with Crippen LogP contribution in [0.3, 0.4) is 0 Å². The minimum Gasteiger partial charge on any atom is -0.494 e. The van der Waals surface area contributed by atoms with E-state index >= 15 is 0 Å². The molecule has 7 heteroatoms. The fourth-order valence-electron chi connectivity index (χ4n) is 2.32. The number of halogens is 2. The molecule has 0 aliphatic rings. The second-order valence-electron chi connectivity index (χ2n) is 4.79. The molecule has 5 nitrogen and oxygen atoms in total. The van der Waals surface area contributed by atoms with Gasteiger partial charge in [-0.25, -0.2) is 4.98 Å². The Hall–Kier alpha value is -2.24. The number of aromatic nitrogens is 2. The first-order valence-corrected chi connectivity index (χ1v) is 7.58. The molecule has 0 unspecified atom stereocenters. The van der Waals surface area contributed by atoms with Crippen LogP contribution in [0, 0.1) is 0 Å². The zero-order chi connectivity index (χ0) is 16.4. The number of amides is 1. The van der Waals surface area contributed by atoms with Crippen LogP contribution >= 0.6 is 23.2 Å². The van der Waals surface area contributed by atoms with Crippen molar-refractivity contribution in [1.29, 1.82) is 0 Å². The molecule has 3 rings (SSSR count). The van der Waals surface area contributed by atoms with Crippen LogP contribution in [-0.4, -0.2) is 22.4 Å². The van der Waals surface area contributed by atoms with E-state index in [1.807, 2.05) is 28.8 Å². The number of nitrogens with zero attached hydrogens (tertiary/aromatic N) is 2. The first-order valence-electron chi connectivity index (χ1n) is 6.83. The molecule has 0 saturated heterocycles. The van der Waals surface area contributed by atoms with Crippen molar-refractivity contribution in [2.45, 2.75) is 6.54 Å². The van der Waals surface area contributed by atoms with Crippen LogP contribution in [0.25, 0.3) is 5.52 Å². The Labute approximate surface area is 142 Å². The van der Waals surface area contributed by atoms with E-state index in [4.69, 9.17) is 27.9 Å². The molecule has 2 heterocycles. The van der Waals surface area contributed by atoms with Crippen LogP contribution < -0.4 is 10.1 Å². The highest BCUT2D eigenvalue weighted by atomic mass is 35.5. The first kappa shape index (κ1) is 15.6. The molecular formula is C16H13Cl2N3O2. The summed E-state index contributed by atoms with van der Waals surface area (Å²) in [4.78, 5) is 16.8. The van der Waals surface area contributed by atoms with E-state index in [0.29, 0.717) is 10.8 Å². The maximum atomic E-state index is 12.5. The van der Waals surface area contributed by atoms with E-state index in [9.17, 15) is 4.79 Å². The van der Waals surface area contributed by atoms with E-state index in [0.717, 1.165) is 5.52 Å². The smallest absolute Gasteiger partial charge is 0.257 e. The summed E-state index contributed by atoms with van der Waals surface area (Å²) >= 11 is 12.2. The lowest BCUT2D eigenvalue weighted by atomic mass is 10.2. The largest absolute Gasteiger partial charge is 0.494 e. The molecule has 1 amide bonds. The minimum atomic E-state index is -0.373. The average Bonchev–Trinajstić information content (AvgIpc) is 2.97. The third kappa shape index (κ3) is 2.98. The van der Waals surface area contributed by atoms with Crippen LogP contribution in [0.15, 0.2) is 42.7 Å². The molecule has 3 aromatic rings. The van der Waals surface area contributed by atoms with Gasteiger partial charge in [0.15, 0.2) is 5.75 Å². The number of fused-ring (bicyclic) bond motifs is 1. The lowest BCUT2D eigenvalue weighted by Gasteiger charge is -2.12. The number of hydrogen-bond donors (Lipinski definition) is 1. The predicted molar refractivity (Wildman–Crippen MR) is 89.4 cm³/mol. The summed E-state index contributed by atoms with van der Waals surface area (Å²) in [6.07, 6.45) is 3.63. The van der Waals surface area contributed by atoms with Crippen molar-refractivity contribution in [1.82, 2.24) is 14.7 Å². The zero-order valence-corrected chi connectivity index (χ0v) is 13.7. The summed E-state index contributed by atoms with van der Waals surface area (Å²) in [5, 5.41) is 3.39. The Morgan fingerprint density at radius 2 is 2.04 bits per heavy atom. The van der Waals surface area contributed by atoms with Crippen LogP contribution in [-0.2, 0) is 6.54 Å². The van der Waals surface area contributed by atoms with Gasteiger partial charge >= 0.3 is 0 Å². The Kier molecular flexibility index (Phi) is 4.41. The molecule has 0 radical (unpaired) electrons. The summed E-state index contributed by atoms with van der Waals surface area (Å²) in [5.74, 6) is 0.595. The molecule has 0 saturated carbocycles. The standard InChI is InChI=1S/C16H13Cl2N3O2/c1-23-15-12(18)6-5-11(17)14(15)16(22)20-9-13-19-8-10-4-2-3-7-21(10)13/h2-8H,9H2,1H3,(H,20,22). The van der Waals surface area contributed by atoms with Crippen LogP contribution in [0.5, 0.6) is 5.75 Å². The molecule has 0 fully saturated rings. The third-order valence-corrected chi connectivity index (χ3v) is 4.02. The Morgan fingerprint density at radius 1 is 1.26 bits per heavy atom. The zero-order valence-electron chi connectivity index (χ0n) is 12.2. The van der Waals surface area contributed by atoms with Crippen molar-refractivity contribution >= 4 is 34.6 Å². The maximum absolute atomic E-state index is 12.5. The number of carbonyl (C=O) groups is 1. The van der Waals surface area contributed by atoms with Gasteiger partial charge in [0.05, 0.1) is 35.4 Å². The van der Waals surface area contributed by atoms with Gasteiger partial charge in [-0.3, -0.25) is 4.79 Å². The third-order valence-electron chi connectivity index (χ3n) is 3.41. The topological polar surface area (TPSA) is 55.6 Å². The van der Waals surface area contributed by atoms with Gasteiger partial charge in [-0.05, 0) is 24.3 Å². The molecule has 0 aliphatic heterocycles. The van der Waals surface area contributed by atoms with E-state index in [-0.39, 0.29) is 28.8 Å². The van der Waals surface area contributed by atoms with Gasteiger partial charge in [-0.15, -0.1) is 0 Å². The summed E-state index contributed by atoms with van der Waals surface area (Å²) in [7, 11) is 1.44. The normalized spacial score (nSPS) is 10.7. The van der Waals surface area contributed by atoms with Gasteiger partial charge in [0.1, 0.15) is 11.4 Å². The van der Waals surface area contributed by atoms with Crippen molar-refractivity contribution in [3.05, 3.63) is 64.2 Å². The molecule has 2 aromatic heterocycles. The van der Waals surface area contributed by atoms with Gasteiger partial charge in [0, 0.05) is 6.20 Å². The van der Waals surface area contributed by atoms with Crippen LogP contribution in [0.1, 0.15) is 16.2 Å². The van der Waals surface area contributed by atoms with Crippen molar-refractivity contribution < 1.29 is 9.53 Å². The quantitative estimate of drug-likeness (QED) is 0.783. The molecule has 0 aliphatic carbocycles. The van der Waals surface area contributed by atoms with Gasteiger partial charge in [0.25, 0.3) is 5.91 Å². The number of imidazole rings is 1. The molecule has 0 bridgehead atoms. The Bertz CT molecular complexity index is 877. The molecule has 118 valence electrons. The number of methoxy groups -OCH3 is 1. The molecular weight excluding hydrogens is 337 g/mol. The van der Waals surface area contributed by atoms with Gasteiger partial charge in [-0.1, -0.05) is 29.3 Å². The summed E-state index contributed by atoms with van der Waals surface area (Å²) in [6, 6.07) is 8.91. The number of hydrogen-bond acceptors (Lipinski definition) is 3. The van der Waals surface area contributed by atoms with Gasteiger partial charge < -0.3 is 14.5 Å². The van der Waals surface area contributed by atoms with E-state index in [1.165, 1.54) is 7.11 Å². The number of pyridine rings is 1. The Balaban J connectivity index is 1.84. The molecule has 1 aromatic carbocycles. The van der Waals surface area contributed by atoms with Crippen LogP contribution in [0.4, 0.5) is 0 Å². The second-order valence-corrected chi connectivity index (χ2v) is 5.60. The SMILES string of the molecule is COc1c(Cl)ccc(Cl)c1C(=O)NCc1ncc2ccccn12. The van der Waals surface area contributed by atoms with E-state index < -0.39 is 0 Å². The molecule has 0 atom stereocenters. The molecule has 1 N–H and O–H groups in total. The summed E-state index contributed by atoms with van der Waals surface area (Å²) in [5.41, 5.74) is 1.16. The number of benzene rings is 1. The highest BCUT2D eigenvalue weighted by Crippen LogP contribution is 2.33. The Morgan fingerprint density at radius 3 is 2.83 bits per heavy atom. The van der Waals surface area contributed by atoms with Crippen molar-refractivity contribution in [2.24, 2.45) is 0 Å². The van der Waals surface area contributed by atoms with Crippen molar-refractivity contribution in [2.75, 3.05) is 7.11 Å². The monoisotopic (exact) mass is 349 g/mol. The van der Waals surface area contributed by atoms with E-state index in [2.05, 4.69) is 10.3 Å². The molecule has 23 heavy (non-hydrogen) atoms. The fourth-order valence-corrected chi connectivity index (χ4v) is 2.79. The summed E-state index contributed by atoms with van der Waals surface area (Å²) in [6.45, 7) is 0.253. The lowest BCUT2D eigenvalue weighted by molar-refractivity contribution is 0.0947. The summed E-state index contributed by atoms with van der Waals surface area (Å²) < 4.78 is 7.09. The fraction of sp³-hybridized carbons (Fsp3) is 0.125. The maximum Gasteiger partial charge on any atom is 0.257 e. The van der Waals surface area contributed by atoms with Crippen molar-refractivity contribution in [3.8, 4) is 5.75 Å². The van der Waals surface area contributed by atoms with Crippen LogP contribution in [0.2, 0.25) is 10.0 Å².